The monoisotopic (exact) mass is 637 g/mol. The maximum Gasteiger partial charge on any atom is 0.290 e. The normalized spacial score (nSPS) is 11.0. The Morgan fingerprint density at radius 1 is 1.17 bits per heavy atom. The molecule has 4 rings (SSSR count). The molecule has 0 bridgehead atoms. The first-order valence-electron chi connectivity index (χ1n) is 14.0. The first kappa shape index (κ1) is 34.8. The lowest BCUT2D eigenvalue weighted by atomic mass is 10.0. The number of aryl methyl sites for hydroxylation is 1. The van der Waals surface area contributed by atoms with Gasteiger partial charge < -0.3 is 37.3 Å². The number of hydrogen-bond acceptors (Lipinski definition) is 10. The van der Waals surface area contributed by atoms with Gasteiger partial charge in [-0.05, 0) is 55.3 Å². The molecule has 2 heterocycles. The van der Waals surface area contributed by atoms with E-state index in [4.69, 9.17) is 31.4 Å². The lowest BCUT2D eigenvalue weighted by molar-refractivity contribution is -0.123. The van der Waals surface area contributed by atoms with E-state index < -0.39 is 24.3 Å². The molecule has 0 radical (unpaired) electrons. The summed E-state index contributed by atoms with van der Waals surface area (Å²) < 4.78 is 36.0. The molecule has 0 saturated carbocycles. The highest BCUT2D eigenvalue weighted by Gasteiger charge is 2.20. The van der Waals surface area contributed by atoms with E-state index in [-0.39, 0.29) is 48.4 Å². The molecular weight excluding hydrogens is 604 g/mol. The van der Waals surface area contributed by atoms with Crippen molar-refractivity contribution >= 4 is 35.4 Å². The molecule has 2 aromatic heterocycles. The van der Waals surface area contributed by atoms with E-state index in [1.165, 1.54) is 24.5 Å². The van der Waals surface area contributed by atoms with Crippen LogP contribution >= 0.6 is 0 Å². The number of anilines is 2. The van der Waals surface area contributed by atoms with E-state index in [1.54, 1.807) is 28.8 Å². The van der Waals surface area contributed by atoms with Gasteiger partial charge in [0.15, 0.2) is 29.6 Å². The van der Waals surface area contributed by atoms with Crippen molar-refractivity contribution in [1.29, 1.82) is 5.26 Å². The minimum Gasteiger partial charge on any atom is -0.483 e. The topological polar surface area (TPSA) is 223 Å². The standard InChI is InChI=1S/C29H31F2N9O3.CH2O2/c1-2-17-15-18(3-4-19(17)28(41)36-10-11-37-29(42)21(34)7-8-32)39-26-27-38-16-22(40(27)13-12-35-26)20-5-6-23(43-14-9-33)25(31)24(20)30;2-1-3/h3-6,12-13,15-16,21H,2,7-8,10-11,14,32,34H2,1H3,(H,35,39)(H,36,41)(H,37,42);1H,(H,2,3). The fraction of sp³-hybridized carbons (Fsp3) is 0.267. The molecule has 0 saturated heterocycles. The number of nitrogens with zero attached hydrogens (tertiary/aromatic N) is 4. The maximum atomic E-state index is 14.9. The SMILES string of the molecule is CCc1cc(Nc2nccn3c(-c4ccc(OCC#N)c(F)c4F)cnc23)ccc1C(=O)NCCNC(=O)C(N)CCN.O=CO. The van der Waals surface area contributed by atoms with E-state index >= 15 is 0 Å². The smallest absolute Gasteiger partial charge is 0.290 e. The molecule has 242 valence electrons. The van der Waals surface area contributed by atoms with E-state index in [0.29, 0.717) is 42.1 Å². The van der Waals surface area contributed by atoms with Crippen molar-refractivity contribution in [2.45, 2.75) is 25.8 Å². The van der Waals surface area contributed by atoms with Crippen LogP contribution < -0.4 is 32.2 Å². The van der Waals surface area contributed by atoms with Gasteiger partial charge in [-0.1, -0.05) is 6.92 Å². The van der Waals surface area contributed by atoms with Crippen LogP contribution in [0.5, 0.6) is 5.75 Å². The number of imidazole rings is 1. The predicted octanol–water partition coefficient (Wildman–Crippen LogP) is 2.11. The highest BCUT2D eigenvalue weighted by molar-refractivity contribution is 5.96. The number of ether oxygens (including phenoxy) is 1. The summed E-state index contributed by atoms with van der Waals surface area (Å²) in [5.41, 5.74) is 13.6. The number of benzene rings is 2. The zero-order valence-corrected chi connectivity index (χ0v) is 24.8. The van der Waals surface area contributed by atoms with Crippen LogP contribution in [0.2, 0.25) is 0 Å². The Kier molecular flexibility index (Phi) is 12.9. The molecule has 1 atom stereocenters. The number of carboxylic acid groups (broad SMARTS) is 1. The zero-order valence-electron chi connectivity index (χ0n) is 24.8. The highest BCUT2D eigenvalue weighted by atomic mass is 19.2. The molecule has 16 heteroatoms. The van der Waals surface area contributed by atoms with Crippen LogP contribution in [0.1, 0.15) is 29.3 Å². The Morgan fingerprint density at radius 3 is 2.61 bits per heavy atom. The van der Waals surface area contributed by atoms with Crippen molar-refractivity contribution in [2.24, 2.45) is 11.5 Å². The van der Waals surface area contributed by atoms with Crippen molar-refractivity contribution in [2.75, 3.05) is 31.6 Å². The maximum absolute atomic E-state index is 14.9. The third-order valence-corrected chi connectivity index (χ3v) is 6.56. The van der Waals surface area contributed by atoms with Gasteiger partial charge in [0.2, 0.25) is 11.7 Å². The van der Waals surface area contributed by atoms with Crippen LogP contribution in [0.25, 0.3) is 16.9 Å². The first-order chi connectivity index (χ1) is 22.2. The molecule has 0 aliphatic rings. The Labute approximate surface area is 262 Å². The Morgan fingerprint density at radius 2 is 1.91 bits per heavy atom. The van der Waals surface area contributed by atoms with Gasteiger partial charge >= 0.3 is 0 Å². The number of carbonyl (C=O) groups is 3. The van der Waals surface area contributed by atoms with Crippen LogP contribution in [0.3, 0.4) is 0 Å². The number of amides is 2. The summed E-state index contributed by atoms with van der Waals surface area (Å²) in [6.07, 6.45) is 5.39. The molecule has 0 fully saturated rings. The number of carbonyl (C=O) groups excluding carboxylic acids is 2. The summed E-state index contributed by atoms with van der Waals surface area (Å²) in [6, 6.07) is 8.83. The predicted molar refractivity (Wildman–Crippen MR) is 164 cm³/mol. The van der Waals surface area contributed by atoms with E-state index in [2.05, 4.69) is 25.9 Å². The molecule has 4 aromatic rings. The van der Waals surface area contributed by atoms with Gasteiger partial charge in [0, 0.05) is 42.3 Å². The van der Waals surface area contributed by atoms with Crippen molar-refractivity contribution in [3.8, 4) is 23.1 Å². The Hall–Kier alpha value is -5.66. The van der Waals surface area contributed by atoms with Crippen molar-refractivity contribution in [3.63, 3.8) is 0 Å². The van der Waals surface area contributed by atoms with Gasteiger partial charge in [-0.25, -0.2) is 14.4 Å². The summed E-state index contributed by atoms with van der Waals surface area (Å²) in [7, 11) is 0. The molecule has 0 spiro atoms. The van der Waals surface area contributed by atoms with Gasteiger partial charge in [0.1, 0.15) is 6.07 Å². The van der Waals surface area contributed by atoms with Gasteiger partial charge in [0.05, 0.1) is 17.9 Å². The molecular formula is C30H33F2N9O5. The van der Waals surface area contributed by atoms with Gasteiger partial charge in [0.25, 0.3) is 12.4 Å². The lowest BCUT2D eigenvalue weighted by Gasteiger charge is -2.14. The molecule has 2 aromatic carbocycles. The molecule has 1 unspecified atom stereocenters. The summed E-state index contributed by atoms with van der Waals surface area (Å²) >= 11 is 0. The third kappa shape index (κ3) is 8.49. The van der Waals surface area contributed by atoms with Crippen LogP contribution in [-0.4, -0.2) is 70.0 Å². The molecule has 8 N–H and O–H groups in total. The van der Waals surface area contributed by atoms with Crippen LogP contribution in [0, 0.1) is 23.0 Å². The van der Waals surface area contributed by atoms with Crippen LogP contribution in [0.4, 0.5) is 20.3 Å². The minimum absolute atomic E-state index is 0.0481. The first-order valence-corrected chi connectivity index (χ1v) is 14.0. The van der Waals surface area contributed by atoms with Crippen molar-refractivity contribution in [3.05, 3.63) is 71.7 Å². The molecule has 0 aliphatic carbocycles. The summed E-state index contributed by atoms with van der Waals surface area (Å²) in [6.45, 7) is 2.00. The van der Waals surface area contributed by atoms with E-state index in [1.807, 2.05) is 13.0 Å². The second-order valence-electron chi connectivity index (χ2n) is 9.49. The average molecular weight is 638 g/mol. The minimum atomic E-state index is -1.21. The van der Waals surface area contributed by atoms with Crippen molar-refractivity contribution < 1.29 is 33.0 Å². The second kappa shape index (κ2) is 17.0. The Bertz CT molecular complexity index is 1730. The number of nitrogens with two attached hydrogens (primary N) is 2. The number of aromatic nitrogens is 3. The average Bonchev–Trinajstić information content (AvgIpc) is 3.49. The van der Waals surface area contributed by atoms with Gasteiger partial charge in [-0.15, -0.1) is 0 Å². The number of halogens is 2. The number of nitriles is 1. The molecule has 14 nitrogen and oxygen atoms in total. The third-order valence-electron chi connectivity index (χ3n) is 6.56. The van der Waals surface area contributed by atoms with Gasteiger partial charge in [-0.3, -0.25) is 18.8 Å². The number of rotatable bonds is 13. The highest BCUT2D eigenvalue weighted by Crippen LogP contribution is 2.32. The molecule has 2 amide bonds. The quantitative estimate of drug-likeness (QED) is 0.0920. The fourth-order valence-corrected chi connectivity index (χ4v) is 4.38. The lowest BCUT2D eigenvalue weighted by Crippen LogP contribution is -2.44. The number of hydrogen-bond donors (Lipinski definition) is 6. The summed E-state index contributed by atoms with van der Waals surface area (Å²) in [4.78, 5) is 41.8. The molecule has 46 heavy (non-hydrogen) atoms. The zero-order chi connectivity index (χ0) is 33.6. The van der Waals surface area contributed by atoms with Crippen molar-refractivity contribution in [1.82, 2.24) is 25.0 Å². The summed E-state index contributed by atoms with van der Waals surface area (Å²) in [5, 5.41) is 24.2. The van der Waals surface area contributed by atoms with Crippen LogP contribution in [0.15, 0.2) is 48.9 Å². The van der Waals surface area contributed by atoms with Crippen LogP contribution in [-0.2, 0) is 16.0 Å². The number of nitrogens with one attached hydrogen (secondary N) is 3. The van der Waals surface area contributed by atoms with E-state index in [0.717, 1.165) is 5.56 Å². The molecule has 0 aliphatic heterocycles. The van der Waals surface area contributed by atoms with E-state index in [9.17, 15) is 18.4 Å². The largest absolute Gasteiger partial charge is 0.483 e. The summed E-state index contributed by atoms with van der Waals surface area (Å²) in [5.74, 6) is -2.97. The number of fused-ring (bicyclic) bond motifs is 1. The second-order valence-corrected chi connectivity index (χ2v) is 9.49. The fourth-order valence-electron chi connectivity index (χ4n) is 4.38. The van der Waals surface area contributed by atoms with Gasteiger partial charge in [-0.2, -0.15) is 9.65 Å². The Balaban J connectivity index is 0.00000185.